The molecule has 1 aromatic carbocycles. The lowest BCUT2D eigenvalue weighted by Crippen LogP contribution is -2.54. The monoisotopic (exact) mass is 341 g/mol. The molecule has 4 nitrogen and oxygen atoms in total. The predicted octanol–water partition coefficient (Wildman–Crippen LogP) is 3.92. The molecule has 0 aromatic heterocycles. The van der Waals surface area contributed by atoms with Crippen LogP contribution >= 0.6 is 0 Å². The number of benzene rings is 1. The van der Waals surface area contributed by atoms with Crippen molar-refractivity contribution in [3.63, 3.8) is 0 Å². The van der Waals surface area contributed by atoms with Crippen LogP contribution in [0.5, 0.6) is 0 Å². The Morgan fingerprint density at radius 3 is 2.44 bits per heavy atom. The van der Waals surface area contributed by atoms with Gasteiger partial charge in [0.05, 0.1) is 5.60 Å². The minimum absolute atomic E-state index is 0.0724. The van der Waals surface area contributed by atoms with Gasteiger partial charge in [-0.15, -0.1) is 0 Å². The molecule has 1 aromatic rings. The Labute approximate surface area is 149 Å². The van der Waals surface area contributed by atoms with E-state index in [1.165, 1.54) is 11.1 Å². The summed E-state index contributed by atoms with van der Waals surface area (Å²) in [4.78, 5) is 14.5. The lowest BCUT2D eigenvalue weighted by Gasteiger charge is -2.44. The Morgan fingerprint density at radius 2 is 1.84 bits per heavy atom. The van der Waals surface area contributed by atoms with Crippen LogP contribution in [0.1, 0.15) is 57.6 Å². The number of rotatable bonds is 1. The highest BCUT2D eigenvalue weighted by Crippen LogP contribution is 2.47. The average Bonchev–Trinajstić information content (AvgIpc) is 3.06. The minimum Gasteiger partial charge on any atom is -0.444 e. The third-order valence-corrected chi connectivity index (χ3v) is 5.73. The van der Waals surface area contributed by atoms with Gasteiger partial charge in [0.25, 0.3) is 0 Å². The van der Waals surface area contributed by atoms with Gasteiger partial charge in [-0.2, -0.15) is 0 Å². The van der Waals surface area contributed by atoms with E-state index in [-0.39, 0.29) is 18.2 Å². The van der Waals surface area contributed by atoms with Crippen LogP contribution in [0, 0.1) is 0 Å². The van der Waals surface area contributed by atoms with Crippen LogP contribution in [0.25, 0.3) is 6.08 Å². The molecule has 2 atom stereocenters. The standard InChI is InChI=1S/C21H27NO3/c1-20(2,3)25-19(23)22-17-8-9-18(22)13-21(24,12-17)16-10-14-6-4-5-7-15(14)11-16/h4-7,10,17-18,24H,8-9,11-13H2,1-3H3. The van der Waals surface area contributed by atoms with Crippen LogP contribution < -0.4 is 0 Å². The quantitative estimate of drug-likeness (QED) is 0.842. The van der Waals surface area contributed by atoms with Crippen LogP contribution in [0.4, 0.5) is 4.79 Å². The number of piperidine rings is 1. The summed E-state index contributed by atoms with van der Waals surface area (Å²) in [6, 6.07) is 8.47. The van der Waals surface area contributed by atoms with E-state index in [2.05, 4.69) is 24.3 Å². The molecule has 2 unspecified atom stereocenters. The molecule has 1 amide bonds. The first kappa shape index (κ1) is 16.6. The maximum absolute atomic E-state index is 12.6. The van der Waals surface area contributed by atoms with E-state index < -0.39 is 11.2 Å². The van der Waals surface area contributed by atoms with Crippen molar-refractivity contribution in [3.8, 4) is 0 Å². The molecular formula is C21H27NO3. The highest BCUT2D eigenvalue weighted by atomic mass is 16.6. The second-order valence-electron chi connectivity index (χ2n) is 8.76. The molecule has 1 N–H and O–H groups in total. The molecule has 0 saturated carbocycles. The number of carbonyl (C=O) groups excluding carboxylic acids is 1. The fraction of sp³-hybridized carbons (Fsp3) is 0.571. The summed E-state index contributed by atoms with van der Waals surface area (Å²) >= 11 is 0. The zero-order chi connectivity index (χ0) is 17.8. The van der Waals surface area contributed by atoms with Gasteiger partial charge in [0.15, 0.2) is 0 Å². The number of carbonyl (C=O) groups is 1. The van der Waals surface area contributed by atoms with Crippen LogP contribution in [-0.2, 0) is 11.2 Å². The maximum atomic E-state index is 12.6. The number of hydrogen-bond acceptors (Lipinski definition) is 3. The zero-order valence-corrected chi connectivity index (χ0v) is 15.3. The lowest BCUT2D eigenvalue weighted by atomic mass is 9.79. The summed E-state index contributed by atoms with van der Waals surface area (Å²) in [5.74, 6) is 0. The molecule has 0 radical (unpaired) electrons. The maximum Gasteiger partial charge on any atom is 0.410 e. The number of amides is 1. The predicted molar refractivity (Wildman–Crippen MR) is 97.2 cm³/mol. The number of aliphatic hydroxyl groups is 1. The number of fused-ring (bicyclic) bond motifs is 3. The van der Waals surface area contributed by atoms with Gasteiger partial charge in [-0.1, -0.05) is 30.3 Å². The third kappa shape index (κ3) is 2.97. The molecule has 2 heterocycles. The Kier molecular flexibility index (Phi) is 3.73. The van der Waals surface area contributed by atoms with Gasteiger partial charge in [-0.05, 0) is 56.7 Å². The molecular weight excluding hydrogens is 314 g/mol. The van der Waals surface area contributed by atoms with Crippen LogP contribution in [0.2, 0.25) is 0 Å². The normalized spacial score (nSPS) is 30.9. The number of nitrogens with zero attached hydrogens (tertiary/aromatic N) is 1. The highest BCUT2D eigenvalue weighted by molar-refractivity contribution is 5.70. The minimum atomic E-state index is -0.802. The van der Waals surface area contributed by atoms with E-state index in [0.29, 0.717) is 12.8 Å². The van der Waals surface area contributed by atoms with Crippen LogP contribution in [-0.4, -0.2) is 39.4 Å². The average molecular weight is 341 g/mol. The Bertz CT molecular complexity index is 717. The summed E-state index contributed by atoms with van der Waals surface area (Å²) in [5, 5.41) is 11.4. The fourth-order valence-electron chi connectivity index (χ4n) is 4.68. The molecule has 4 rings (SSSR count). The highest BCUT2D eigenvalue weighted by Gasteiger charge is 2.52. The van der Waals surface area contributed by atoms with Crippen LogP contribution in [0.15, 0.2) is 29.8 Å². The lowest BCUT2D eigenvalue weighted by molar-refractivity contribution is -0.0400. The van der Waals surface area contributed by atoms with Gasteiger partial charge in [0, 0.05) is 24.9 Å². The molecule has 2 saturated heterocycles. The van der Waals surface area contributed by atoms with Crippen molar-refractivity contribution in [2.24, 2.45) is 0 Å². The van der Waals surface area contributed by atoms with Crippen molar-refractivity contribution in [1.82, 2.24) is 4.90 Å². The third-order valence-electron chi connectivity index (χ3n) is 5.73. The van der Waals surface area contributed by atoms with E-state index in [9.17, 15) is 9.90 Å². The van der Waals surface area contributed by atoms with Gasteiger partial charge >= 0.3 is 6.09 Å². The van der Waals surface area contributed by atoms with Gasteiger partial charge in [0.1, 0.15) is 5.60 Å². The Morgan fingerprint density at radius 1 is 1.20 bits per heavy atom. The van der Waals surface area contributed by atoms with Crippen molar-refractivity contribution < 1.29 is 14.6 Å². The molecule has 134 valence electrons. The zero-order valence-electron chi connectivity index (χ0n) is 15.3. The van der Waals surface area contributed by atoms with Crippen molar-refractivity contribution >= 4 is 12.2 Å². The number of ether oxygens (including phenoxy) is 1. The van der Waals surface area contributed by atoms with E-state index >= 15 is 0 Å². The molecule has 2 fully saturated rings. The smallest absolute Gasteiger partial charge is 0.410 e. The van der Waals surface area contributed by atoms with Crippen molar-refractivity contribution in [2.75, 3.05) is 0 Å². The van der Waals surface area contributed by atoms with Gasteiger partial charge in [0.2, 0.25) is 0 Å². The van der Waals surface area contributed by atoms with Gasteiger partial charge in [-0.25, -0.2) is 4.79 Å². The van der Waals surface area contributed by atoms with E-state index in [1.807, 2.05) is 31.7 Å². The summed E-state index contributed by atoms with van der Waals surface area (Å²) in [5.41, 5.74) is 2.32. The first-order chi connectivity index (χ1) is 11.8. The first-order valence-electron chi connectivity index (χ1n) is 9.28. The molecule has 0 spiro atoms. The van der Waals surface area contributed by atoms with E-state index in [1.54, 1.807) is 0 Å². The van der Waals surface area contributed by atoms with Crippen molar-refractivity contribution in [1.29, 1.82) is 0 Å². The Balaban J connectivity index is 1.53. The summed E-state index contributed by atoms with van der Waals surface area (Å²) in [7, 11) is 0. The SMILES string of the molecule is CC(C)(C)OC(=O)N1C2CCC1CC(O)(C1=Cc3ccccc3C1)C2. The summed E-state index contributed by atoms with van der Waals surface area (Å²) in [6.45, 7) is 5.69. The first-order valence-corrected chi connectivity index (χ1v) is 9.28. The molecule has 3 aliphatic rings. The van der Waals surface area contributed by atoms with Crippen molar-refractivity contribution in [2.45, 2.75) is 76.2 Å². The second kappa shape index (κ2) is 5.60. The molecule has 4 heteroatoms. The molecule has 2 bridgehead atoms. The molecule has 25 heavy (non-hydrogen) atoms. The van der Waals surface area contributed by atoms with E-state index in [4.69, 9.17) is 4.74 Å². The summed E-state index contributed by atoms with van der Waals surface area (Å²) in [6.07, 6.45) is 5.87. The van der Waals surface area contributed by atoms with Crippen LogP contribution in [0.3, 0.4) is 0 Å². The fourth-order valence-corrected chi connectivity index (χ4v) is 4.68. The topological polar surface area (TPSA) is 49.8 Å². The van der Waals surface area contributed by atoms with Gasteiger partial charge < -0.3 is 14.7 Å². The van der Waals surface area contributed by atoms with Gasteiger partial charge in [-0.3, -0.25) is 0 Å². The van der Waals surface area contributed by atoms with E-state index in [0.717, 1.165) is 24.8 Å². The van der Waals surface area contributed by atoms with Crippen molar-refractivity contribution in [3.05, 3.63) is 41.0 Å². The second-order valence-corrected chi connectivity index (χ2v) is 8.76. The Hall–Kier alpha value is -1.81. The molecule has 1 aliphatic carbocycles. The molecule has 2 aliphatic heterocycles. The largest absolute Gasteiger partial charge is 0.444 e. The summed E-state index contributed by atoms with van der Waals surface area (Å²) < 4.78 is 5.59. The number of hydrogen-bond donors (Lipinski definition) is 1.